The van der Waals surface area contributed by atoms with Crippen molar-refractivity contribution >= 4 is 35.6 Å². The Labute approximate surface area is 137 Å². The van der Waals surface area contributed by atoms with Crippen LogP contribution in [-0.2, 0) is 4.79 Å². The molecule has 1 unspecified atom stereocenters. The van der Waals surface area contributed by atoms with Crippen molar-refractivity contribution in [2.45, 2.75) is 32.7 Å². The number of nitrogens with zero attached hydrogens (tertiary/aromatic N) is 1. The van der Waals surface area contributed by atoms with E-state index >= 15 is 0 Å². The Morgan fingerprint density at radius 3 is 2.81 bits per heavy atom. The number of carbonyl (C=O) groups excluding carboxylic acids is 1. The third-order valence-corrected chi connectivity index (χ3v) is 3.90. The third kappa shape index (κ3) is 5.15. The SMILES string of the molecule is Cc1cc(C)c(NC(=O)CN2CCCC(N)C2)c(Cl)c1.Cl. The molecule has 1 amide bonds. The van der Waals surface area contributed by atoms with E-state index in [0.717, 1.165) is 37.1 Å². The number of hydrogen-bond acceptors (Lipinski definition) is 3. The lowest BCUT2D eigenvalue weighted by Crippen LogP contribution is -2.45. The number of rotatable bonds is 3. The molecular formula is C15H23Cl2N3O. The zero-order valence-corrected chi connectivity index (χ0v) is 14.1. The molecule has 6 heteroatoms. The quantitative estimate of drug-likeness (QED) is 0.895. The molecule has 1 heterocycles. The van der Waals surface area contributed by atoms with Gasteiger partial charge in [0, 0.05) is 12.6 Å². The van der Waals surface area contributed by atoms with Gasteiger partial charge < -0.3 is 11.1 Å². The van der Waals surface area contributed by atoms with E-state index in [4.69, 9.17) is 17.3 Å². The number of anilines is 1. The van der Waals surface area contributed by atoms with Gasteiger partial charge in [0.15, 0.2) is 0 Å². The van der Waals surface area contributed by atoms with E-state index in [1.54, 1.807) is 0 Å². The number of likely N-dealkylation sites (tertiary alicyclic amines) is 1. The second kappa shape index (κ2) is 7.99. The highest BCUT2D eigenvalue weighted by Gasteiger charge is 2.19. The Morgan fingerprint density at radius 1 is 1.48 bits per heavy atom. The molecule has 4 nitrogen and oxygen atoms in total. The van der Waals surface area contributed by atoms with Crippen molar-refractivity contribution in [2.75, 3.05) is 25.0 Å². The lowest BCUT2D eigenvalue weighted by atomic mass is 10.1. The number of hydrogen-bond donors (Lipinski definition) is 2. The number of halogens is 2. The third-order valence-electron chi connectivity index (χ3n) is 3.61. The Bertz CT molecular complexity index is 485. The molecule has 118 valence electrons. The first kappa shape index (κ1) is 18.2. The molecule has 2 rings (SSSR count). The normalized spacial score (nSPS) is 19.0. The van der Waals surface area contributed by atoms with Crippen LogP contribution in [0.15, 0.2) is 12.1 Å². The van der Waals surface area contributed by atoms with Gasteiger partial charge in [-0.05, 0) is 50.4 Å². The first-order valence-corrected chi connectivity index (χ1v) is 7.38. The van der Waals surface area contributed by atoms with Gasteiger partial charge in [0.2, 0.25) is 5.91 Å². The van der Waals surface area contributed by atoms with Crippen molar-refractivity contribution in [1.82, 2.24) is 4.90 Å². The summed E-state index contributed by atoms with van der Waals surface area (Å²) in [6.07, 6.45) is 2.10. The van der Waals surface area contributed by atoms with Crippen LogP contribution in [0, 0.1) is 13.8 Å². The van der Waals surface area contributed by atoms with Crippen molar-refractivity contribution in [3.8, 4) is 0 Å². The first-order chi connectivity index (χ1) is 9.45. The second-order valence-electron chi connectivity index (χ2n) is 5.62. The number of benzene rings is 1. The maximum atomic E-state index is 12.1. The Morgan fingerprint density at radius 2 is 2.19 bits per heavy atom. The second-order valence-corrected chi connectivity index (χ2v) is 6.03. The summed E-state index contributed by atoms with van der Waals surface area (Å²) in [4.78, 5) is 14.2. The molecule has 1 aromatic carbocycles. The molecule has 21 heavy (non-hydrogen) atoms. The number of nitrogens with two attached hydrogens (primary N) is 1. The molecule has 0 spiro atoms. The minimum atomic E-state index is -0.0343. The van der Waals surface area contributed by atoms with E-state index in [9.17, 15) is 4.79 Å². The molecule has 0 bridgehead atoms. The molecular weight excluding hydrogens is 309 g/mol. The van der Waals surface area contributed by atoms with E-state index < -0.39 is 0 Å². The van der Waals surface area contributed by atoms with Crippen molar-refractivity contribution in [3.05, 3.63) is 28.3 Å². The van der Waals surface area contributed by atoms with Crippen molar-refractivity contribution in [2.24, 2.45) is 5.73 Å². The van der Waals surface area contributed by atoms with Gasteiger partial charge in [-0.15, -0.1) is 12.4 Å². The summed E-state index contributed by atoms with van der Waals surface area (Å²) in [6, 6.07) is 4.06. The van der Waals surface area contributed by atoms with E-state index in [1.807, 2.05) is 26.0 Å². The maximum Gasteiger partial charge on any atom is 0.238 e. The van der Waals surface area contributed by atoms with E-state index in [0.29, 0.717) is 17.3 Å². The number of aryl methyl sites for hydroxylation is 2. The minimum Gasteiger partial charge on any atom is -0.327 e. The fourth-order valence-corrected chi connectivity index (χ4v) is 3.06. The van der Waals surface area contributed by atoms with Crippen LogP contribution in [-0.4, -0.2) is 36.5 Å². The molecule has 1 aliphatic heterocycles. The van der Waals surface area contributed by atoms with Gasteiger partial charge in [-0.2, -0.15) is 0 Å². The summed E-state index contributed by atoms with van der Waals surface area (Å²) < 4.78 is 0. The monoisotopic (exact) mass is 331 g/mol. The van der Waals surface area contributed by atoms with Gasteiger partial charge in [0.25, 0.3) is 0 Å². The highest BCUT2D eigenvalue weighted by atomic mass is 35.5. The molecule has 1 saturated heterocycles. The lowest BCUT2D eigenvalue weighted by Gasteiger charge is -2.30. The standard InChI is InChI=1S/C15H22ClN3O.ClH/c1-10-6-11(2)15(13(16)7-10)18-14(20)9-19-5-3-4-12(17)8-19;/h6-7,12H,3-5,8-9,17H2,1-2H3,(H,18,20);1H. The Balaban J connectivity index is 0.00000220. The topological polar surface area (TPSA) is 58.4 Å². The molecule has 0 aliphatic carbocycles. The van der Waals surface area contributed by atoms with Gasteiger partial charge in [0.1, 0.15) is 0 Å². The minimum absolute atomic E-state index is 0. The summed E-state index contributed by atoms with van der Waals surface area (Å²) in [5, 5.41) is 3.50. The fourth-order valence-electron chi connectivity index (χ4n) is 2.69. The number of amides is 1. The van der Waals surface area contributed by atoms with Crippen molar-refractivity contribution in [3.63, 3.8) is 0 Å². The van der Waals surface area contributed by atoms with Crippen LogP contribution in [0.2, 0.25) is 5.02 Å². The average Bonchev–Trinajstić information content (AvgIpc) is 2.33. The smallest absolute Gasteiger partial charge is 0.238 e. The van der Waals surface area contributed by atoms with E-state index in [-0.39, 0.29) is 24.4 Å². The van der Waals surface area contributed by atoms with Crippen LogP contribution in [0.4, 0.5) is 5.69 Å². The maximum absolute atomic E-state index is 12.1. The van der Waals surface area contributed by atoms with Crippen molar-refractivity contribution < 1.29 is 4.79 Å². The Hall–Kier alpha value is -0.810. The van der Waals surface area contributed by atoms with E-state index in [1.165, 1.54) is 0 Å². The van der Waals surface area contributed by atoms with Crippen LogP contribution in [0.3, 0.4) is 0 Å². The first-order valence-electron chi connectivity index (χ1n) is 7.00. The summed E-state index contributed by atoms with van der Waals surface area (Å²) >= 11 is 6.20. The molecule has 0 saturated carbocycles. The van der Waals surface area contributed by atoms with Crippen LogP contribution in [0.25, 0.3) is 0 Å². The van der Waals surface area contributed by atoms with Gasteiger partial charge in [-0.3, -0.25) is 9.69 Å². The highest BCUT2D eigenvalue weighted by Crippen LogP contribution is 2.27. The Kier molecular flexibility index (Phi) is 6.94. The highest BCUT2D eigenvalue weighted by molar-refractivity contribution is 6.34. The molecule has 0 aromatic heterocycles. The van der Waals surface area contributed by atoms with E-state index in [2.05, 4.69) is 10.2 Å². The zero-order valence-electron chi connectivity index (χ0n) is 12.5. The number of carbonyl (C=O) groups is 1. The summed E-state index contributed by atoms with van der Waals surface area (Å²) in [6.45, 7) is 6.03. The summed E-state index contributed by atoms with van der Waals surface area (Å²) in [5.74, 6) is -0.0343. The predicted molar refractivity (Wildman–Crippen MR) is 90.5 cm³/mol. The molecule has 3 N–H and O–H groups in total. The molecule has 1 atom stereocenters. The molecule has 1 aliphatic rings. The molecule has 0 radical (unpaired) electrons. The van der Waals surface area contributed by atoms with Gasteiger partial charge >= 0.3 is 0 Å². The van der Waals surface area contributed by atoms with Gasteiger partial charge in [0.05, 0.1) is 17.3 Å². The molecule has 1 aromatic rings. The van der Waals surface area contributed by atoms with Crippen LogP contribution in [0.1, 0.15) is 24.0 Å². The van der Waals surface area contributed by atoms with Crippen molar-refractivity contribution in [1.29, 1.82) is 0 Å². The van der Waals surface area contributed by atoms with Gasteiger partial charge in [-0.25, -0.2) is 0 Å². The largest absolute Gasteiger partial charge is 0.327 e. The predicted octanol–water partition coefficient (Wildman–Crippen LogP) is 2.74. The number of piperidine rings is 1. The number of nitrogens with one attached hydrogen (secondary N) is 1. The van der Waals surface area contributed by atoms with Gasteiger partial charge in [-0.1, -0.05) is 17.7 Å². The lowest BCUT2D eigenvalue weighted by molar-refractivity contribution is -0.117. The van der Waals surface area contributed by atoms with Crippen LogP contribution < -0.4 is 11.1 Å². The zero-order chi connectivity index (χ0) is 14.7. The molecule has 1 fully saturated rings. The summed E-state index contributed by atoms with van der Waals surface area (Å²) in [5.41, 5.74) is 8.71. The summed E-state index contributed by atoms with van der Waals surface area (Å²) in [7, 11) is 0. The van der Waals surface area contributed by atoms with Crippen LogP contribution in [0.5, 0.6) is 0 Å². The van der Waals surface area contributed by atoms with Crippen LogP contribution >= 0.6 is 24.0 Å². The average molecular weight is 332 g/mol. The fraction of sp³-hybridized carbons (Fsp3) is 0.533.